The molecular formula is C9H3BrF7. The Bertz CT molecular complexity index is 393. The minimum absolute atomic E-state index is 0.203. The van der Waals surface area contributed by atoms with E-state index in [1.54, 1.807) is 0 Å². The molecule has 0 amide bonds. The summed E-state index contributed by atoms with van der Waals surface area (Å²) in [6, 6.07) is 3.80. The van der Waals surface area contributed by atoms with E-state index in [-0.39, 0.29) is 4.47 Å². The van der Waals surface area contributed by atoms with E-state index in [0.29, 0.717) is 12.1 Å². The zero-order valence-electron chi connectivity index (χ0n) is 7.76. The van der Waals surface area contributed by atoms with E-state index < -0.39 is 23.6 Å². The van der Waals surface area contributed by atoms with Crippen LogP contribution in [0.2, 0.25) is 0 Å². The van der Waals surface area contributed by atoms with E-state index in [4.69, 9.17) is 0 Å². The molecule has 0 bridgehead atoms. The Kier molecular flexibility index (Phi) is 3.48. The second-order valence-corrected chi connectivity index (χ2v) is 3.93. The van der Waals surface area contributed by atoms with E-state index >= 15 is 0 Å². The number of hydrogen-bond donors (Lipinski definition) is 0. The highest BCUT2D eigenvalue weighted by atomic mass is 79.9. The molecule has 0 unspecified atom stereocenters. The molecule has 0 saturated carbocycles. The average Bonchev–Trinajstić information content (AvgIpc) is 2.12. The van der Waals surface area contributed by atoms with E-state index in [1.165, 1.54) is 0 Å². The Morgan fingerprint density at radius 1 is 0.941 bits per heavy atom. The Labute approximate surface area is 99.6 Å². The molecule has 0 aromatic heterocycles. The lowest BCUT2D eigenvalue weighted by molar-refractivity contribution is -0.348. The molecule has 0 heterocycles. The maximum Gasteiger partial charge on any atom is 0.435 e. The van der Waals surface area contributed by atoms with Gasteiger partial charge in [-0.2, -0.15) is 26.3 Å². The van der Waals surface area contributed by atoms with Crippen molar-refractivity contribution in [3.8, 4) is 0 Å². The van der Waals surface area contributed by atoms with Crippen molar-refractivity contribution in [2.24, 2.45) is 0 Å². The molecular weight excluding hydrogens is 321 g/mol. The third kappa shape index (κ3) is 2.41. The Hall–Kier alpha value is -0.790. The zero-order chi connectivity index (χ0) is 13.5. The summed E-state index contributed by atoms with van der Waals surface area (Å²) in [6.45, 7) is 0. The van der Waals surface area contributed by atoms with Crippen molar-refractivity contribution >= 4 is 15.9 Å². The number of benzene rings is 1. The maximum absolute atomic E-state index is 13.4. The van der Waals surface area contributed by atoms with Crippen molar-refractivity contribution in [1.29, 1.82) is 0 Å². The number of alkyl halides is 7. The van der Waals surface area contributed by atoms with Crippen molar-refractivity contribution < 1.29 is 30.7 Å². The van der Waals surface area contributed by atoms with Gasteiger partial charge in [-0.25, -0.2) is 4.39 Å². The average molecular weight is 324 g/mol. The van der Waals surface area contributed by atoms with Crippen LogP contribution in [0.4, 0.5) is 30.7 Å². The standard InChI is InChI=1S/C9H3BrF7/c10-6-3-1-2-5(4-6)7(11,8(12,13)14)9(15,16)17/h1-2,4H. The molecule has 95 valence electrons. The predicted molar refractivity (Wildman–Crippen MR) is 47.9 cm³/mol. The smallest absolute Gasteiger partial charge is 0.218 e. The van der Waals surface area contributed by atoms with Gasteiger partial charge in [0.05, 0.1) is 0 Å². The Morgan fingerprint density at radius 3 is 1.76 bits per heavy atom. The Balaban J connectivity index is 3.46. The van der Waals surface area contributed by atoms with Gasteiger partial charge in [0, 0.05) is 10.0 Å². The highest BCUT2D eigenvalue weighted by Crippen LogP contribution is 2.53. The highest BCUT2D eigenvalue weighted by molar-refractivity contribution is 9.10. The van der Waals surface area contributed by atoms with E-state index in [2.05, 4.69) is 22.0 Å². The number of halogens is 8. The van der Waals surface area contributed by atoms with Gasteiger partial charge in [0.2, 0.25) is 0 Å². The van der Waals surface area contributed by atoms with Crippen LogP contribution in [0, 0.1) is 6.07 Å². The first kappa shape index (κ1) is 14.3. The molecule has 1 aromatic rings. The third-order valence-corrected chi connectivity index (χ3v) is 2.40. The molecule has 0 atom stereocenters. The van der Waals surface area contributed by atoms with Gasteiger partial charge in [-0.15, -0.1) is 0 Å². The van der Waals surface area contributed by atoms with E-state index in [9.17, 15) is 30.7 Å². The molecule has 0 spiro atoms. The molecule has 0 nitrogen and oxygen atoms in total. The van der Waals surface area contributed by atoms with Gasteiger partial charge in [-0.1, -0.05) is 28.1 Å². The molecule has 0 fully saturated rings. The lowest BCUT2D eigenvalue weighted by Crippen LogP contribution is -2.50. The molecule has 0 aliphatic rings. The lowest BCUT2D eigenvalue weighted by atomic mass is 9.94. The fourth-order valence-electron chi connectivity index (χ4n) is 1.14. The van der Waals surface area contributed by atoms with Crippen LogP contribution in [-0.4, -0.2) is 12.4 Å². The summed E-state index contributed by atoms with van der Waals surface area (Å²) in [5.41, 5.74) is -6.93. The molecule has 1 rings (SSSR count). The van der Waals surface area contributed by atoms with Crippen LogP contribution in [-0.2, 0) is 5.67 Å². The minimum atomic E-state index is -6.09. The summed E-state index contributed by atoms with van der Waals surface area (Å²) in [7, 11) is 0. The van der Waals surface area contributed by atoms with Crippen LogP contribution >= 0.6 is 15.9 Å². The van der Waals surface area contributed by atoms with Crippen molar-refractivity contribution in [2.75, 3.05) is 0 Å². The van der Waals surface area contributed by atoms with Gasteiger partial charge in [-0.05, 0) is 12.1 Å². The quantitative estimate of drug-likeness (QED) is 0.666. The van der Waals surface area contributed by atoms with Crippen LogP contribution in [0.5, 0.6) is 0 Å². The summed E-state index contributed by atoms with van der Waals surface area (Å²) in [5, 5.41) is 0. The number of hydrogen-bond acceptors (Lipinski definition) is 0. The molecule has 0 N–H and O–H groups in total. The first-order valence-electron chi connectivity index (χ1n) is 4.00. The van der Waals surface area contributed by atoms with Gasteiger partial charge >= 0.3 is 18.0 Å². The maximum atomic E-state index is 13.4. The molecule has 0 aliphatic heterocycles. The molecule has 8 heteroatoms. The van der Waals surface area contributed by atoms with Crippen LogP contribution in [0.15, 0.2) is 22.7 Å². The fraction of sp³-hybridized carbons (Fsp3) is 0.333. The largest absolute Gasteiger partial charge is 0.435 e. The monoisotopic (exact) mass is 323 g/mol. The second-order valence-electron chi connectivity index (χ2n) is 3.08. The van der Waals surface area contributed by atoms with Gasteiger partial charge in [-0.3, -0.25) is 0 Å². The van der Waals surface area contributed by atoms with Gasteiger partial charge in [0.25, 0.3) is 0 Å². The molecule has 0 aliphatic carbocycles. The molecule has 17 heavy (non-hydrogen) atoms. The van der Waals surface area contributed by atoms with Gasteiger partial charge < -0.3 is 0 Å². The van der Waals surface area contributed by atoms with Crippen molar-refractivity contribution in [3.05, 3.63) is 34.3 Å². The van der Waals surface area contributed by atoms with Crippen molar-refractivity contribution in [1.82, 2.24) is 0 Å². The van der Waals surface area contributed by atoms with Crippen LogP contribution in [0.25, 0.3) is 0 Å². The molecule has 1 aromatic carbocycles. The van der Waals surface area contributed by atoms with Crippen molar-refractivity contribution in [3.63, 3.8) is 0 Å². The topological polar surface area (TPSA) is 0 Å². The SMILES string of the molecule is FC(F)(F)C(F)(c1cc[c]c(Br)c1)C(F)(F)F. The third-order valence-electron chi connectivity index (χ3n) is 1.95. The molecule has 1 radical (unpaired) electrons. The summed E-state index contributed by atoms with van der Waals surface area (Å²) in [6.07, 6.45) is -12.2. The summed E-state index contributed by atoms with van der Waals surface area (Å²) >= 11 is 2.63. The first-order chi connectivity index (χ1) is 7.50. The zero-order valence-corrected chi connectivity index (χ0v) is 9.34. The van der Waals surface area contributed by atoms with Crippen molar-refractivity contribution in [2.45, 2.75) is 18.0 Å². The summed E-state index contributed by atoms with van der Waals surface area (Å²) in [4.78, 5) is 0. The predicted octanol–water partition coefficient (Wildman–Crippen LogP) is 4.54. The first-order valence-corrected chi connectivity index (χ1v) is 4.79. The van der Waals surface area contributed by atoms with Crippen LogP contribution < -0.4 is 0 Å². The molecule has 0 saturated heterocycles. The summed E-state index contributed by atoms with van der Waals surface area (Å²) < 4.78 is 87.0. The fourth-order valence-corrected chi connectivity index (χ4v) is 1.52. The van der Waals surface area contributed by atoms with Crippen LogP contribution in [0.1, 0.15) is 5.56 Å². The van der Waals surface area contributed by atoms with Gasteiger partial charge in [0.15, 0.2) is 0 Å². The van der Waals surface area contributed by atoms with E-state index in [0.717, 1.165) is 6.07 Å². The number of rotatable bonds is 1. The normalized spacial score (nSPS) is 13.9. The van der Waals surface area contributed by atoms with Crippen LogP contribution in [0.3, 0.4) is 0 Å². The minimum Gasteiger partial charge on any atom is -0.218 e. The Morgan fingerprint density at radius 2 is 1.41 bits per heavy atom. The summed E-state index contributed by atoms with van der Waals surface area (Å²) in [5.74, 6) is 0. The highest BCUT2D eigenvalue weighted by Gasteiger charge is 2.73. The van der Waals surface area contributed by atoms with Gasteiger partial charge in [0.1, 0.15) is 0 Å². The van der Waals surface area contributed by atoms with E-state index in [1.807, 2.05) is 0 Å². The lowest BCUT2D eigenvalue weighted by Gasteiger charge is -2.30. The second kappa shape index (κ2) is 4.15.